The maximum Gasteiger partial charge on any atom is 0.264 e. The number of benzene rings is 2. The summed E-state index contributed by atoms with van der Waals surface area (Å²) in [6.07, 6.45) is 0. The monoisotopic (exact) mass is 472 g/mol. The molecule has 0 spiro atoms. The molecule has 0 radical (unpaired) electrons. The van der Waals surface area contributed by atoms with Crippen molar-refractivity contribution < 1.29 is 13.9 Å². The number of hydrogen-bond donors (Lipinski definition) is 0. The fourth-order valence-corrected chi connectivity index (χ4v) is 4.83. The minimum Gasteiger partial charge on any atom is -0.489 e. The number of ether oxygens (including phenoxy) is 1. The summed E-state index contributed by atoms with van der Waals surface area (Å²) in [6.45, 7) is 8.00. The Labute approximate surface area is 197 Å². The van der Waals surface area contributed by atoms with Crippen molar-refractivity contribution in [3.05, 3.63) is 85.8 Å². The predicted octanol–water partition coefficient (Wildman–Crippen LogP) is 5.69. The number of aryl methyl sites for hydroxylation is 2. The molecule has 1 saturated heterocycles. The van der Waals surface area contributed by atoms with Crippen LogP contribution in [0.5, 0.6) is 5.75 Å². The molecule has 1 aromatic heterocycles. The van der Waals surface area contributed by atoms with Gasteiger partial charge in [0.05, 0.1) is 4.88 Å². The Morgan fingerprint density at radius 1 is 1.09 bits per heavy atom. The van der Waals surface area contributed by atoms with E-state index in [0.717, 1.165) is 46.0 Å². The first-order valence-electron chi connectivity index (χ1n) is 10.6. The van der Waals surface area contributed by atoms with E-state index in [1.807, 2.05) is 36.3 Å². The highest BCUT2D eigenvalue weighted by atomic mass is 35.5. The second-order valence-electron chi connectivity index (χ2n) is 8.18. The molecule has 2 heterocycles. The standard InChI is InChI=1S/C25H26ClFN2O2S/c1-17-3-4-18(2)23(11-17)31-15-19-12-24(32-16-19)25(30)29-9-7-28(8-10-29)14-20-5-6-21(27)13-22(20)26/h3-6,11-13,16H,7-10,14-15H2,1-2H3. The van der Waals surface area contributed by atoms with E-state index in [1.54, 1.807) is 6.07 Å². The normalized spacial score (nSPS) is 14.6. The summed E-state index contributed by atoms with van der Waals surface area (Å²) in [6, 6.07) is 12.6. The van der Waals surface area contributed by atoms with Gasteiger partial charge in [-0.2, -0.15) is 0 Å². The van der Waals surface area contributed by atoms with Crippen molar-refractivity contribution in [3.63, 3.8) is 0 Å². The number of carbonyl (C=O) groups excluding carboxylic acids is 1. The Bertz CT molecular complexity index is 1110. The number of piperazine rings is 1. The van der Waals surface area contributed by atoms with E-state index < -0.39 is 0 Å². The smallest absolute Gasteiger partial charge is 0.264 e. The minimum absolute atomic E-state index is 0.0625. The van der Waals surface area contributed by atoms with Gasteiger partial charge in [-0.05, 0) is 60.2 Å². The van der Waals surface area contributed by atoms with Crippen LogP contribution in [0, 0.1) is 19.7 Å². The Morgan fingerprint density at radius 3 is 2.62 bits per heavy atom. The summed E-state index contributed by atoms with van der Waals surface area (Å²) >= 11 is 7.61. The van der Waals surface area contributed by atoms with Crippen LogP contribution in [0.1, 0.15) is 31.9 Å². The maximum absolute atomic E-state index is 13.2. The van der Waals surface area contributed by atoms with Crippen molar-refractivity contribution >= 4 is 28.8 Å². The van der Waals surface area contributed by atoms with E-state index in [0.29, 0.717) is 31.3 Å². The molecule has 0 bridgehead atoms. The average Bonchev–Trinajstić information content (AvgIpc) is 3.25. The van der Waals surface area contributed by atoms with E-state index in [4.69, 9.17) is 16.3 Å². The third-order valence-corrected chi connectivity index (χ3v) is 6.99. The van der Waals surface area contributed by atoms with Crippen molar-refractivity contribution in [2.24, 2.45) is 0 Å². The number of rotatable bonds is 6. The van der Waals surface area contributed by atoms with Gasteiger partial charge in [0.2, 0.25) is 0 Å². The summed E-state index contributed by atoms with van der Waals surface area (Å²) in [5.41, 5.74) is 4.16. The lowest BCUT2D eigenvalue weighted by Gasteiger charge is -2.34. The molecule has 1 aliphatic heterocycles. The van der Waals surface area contributed by atoms with Gasteiger partial charge in [0.1, 0.15) is 18.2 Å². The van der Waals surface area contributed by atoms with Crippen LogP contribution >= 0.6 is 22.9 Å². The molecule has 1 fully saturated rings. The molecule has 0 atom stereocenters. The minimum atomic E-state index is -0.330. The van der Waals surface area contributed by atoms with Gasteiger partial charge in [0.15, 0.2) is 0 Å². The van der Waals surface area contributed by atoms with Crippen molar-refractivity contribution in [1.29, 1.82) is 0 Å². The van der Waals surface area contributed by atoms with Crippen molar-refractivity contribution in [2.75, 3.05) is 26.2 Å². The van der Waals surface area contributed by atoms with Crippen molar-refractivity contribution in [3.8, 4) is 5.75 Å². The lowest BCUT2D eigenvalue weighted by atomic mass is 10.1. The zero-order valence-corrected chi connectivity index (χ0v) is 19.8. The highest BCUT2D eigenvalue weighted by Crippen LogP contribution is 2.24. The highest BCUT2D eigenvalue weighted by Gasteiger charge is 2.23. The molecule has 32 heavy (non-hydrogen) atoms. The summed E-state index contributed by atoms with van der Waals surface area (Å²) in [4.78, 5) is 17.8. The zero-order valence-electron chi connectivity index (χ0n) is 18.2. The molecule has 1 amide bonds. The van der Waals surface area contributed by atoms with Crippen LogP contribution in [0.3, 0.4) is 0 Å². The molecule has 4 nitrogen and oxygen atoms in total. The van der Waals surface area contributed by atoms with E-state index in [9.17, 15) is 9.18 Å². The van der Waals surface area contributed by atoms with Gasteiger partial charge in [-0.1, -0.05) is 29.8 Å². The van der Waals surface area contributed by atoms with Gasteiger partial charge in [0, 0.05) is 43.3 Å². The van der Waals surface area contributed by atoms with E-state index in [2.05, 4.69) is 17.0 Å². The second-order valence-corrected chi connectivity index (χ2v) is 9.50. The SMILES string of the molecule is Cc1ccc(C)c(OCc2csc(C(=O)N3CCN(Cc4ccc(F)cc4Cl)CC3)c2)c1. The molecule has 0 unspecified atom stereocenters. The van der Waals surface area contributed by atoms with Crippen molar-refractivity contribution in [1.82, 2.24) is 9.80 Å². The molecule has 1 aliphatic rings. The third kappa shape index (κ3) is 5.49. The van der Waals surface area contributed by atoms with Crippen LogP contribution in [0.2, 0.25) is 5.02 Å². The Morgan fingerprint density at radius 2 is 1.88 bits per heavy atom. The highest BCUT2D eigenvalue weighted by molar-refractivity contribution is 7.12. The summed E-state index contributed by atoms with van der Waals surface area (Å²) in [5, 5.41) is 2.43. The summed E-state index contributed by atoms with van der Waals surface area (Å²) in [5.74, 6) is 0.609. The van der Waals surface area contributed by atoms with Gasteiger partial charge < -0.3 is 9.64 Å². The van der Waals surface area contributed by atoms with Gasteiger partial charge >= 0.3 is 0 Å². The number of thiophene rings is 1. The topological polar surface area (TPSA) is 32.8 Å². The third-order valence-electron chi connectivity index (χ3n) is 5.67. The molecule has 168 valence electrons. The molecular weight excluding hydrogens is 447 g/mol. The van der Waals surface area contributed by atoms with Gasteiger partial charge in [0.25, 0.3) is 5.91 Å². The molecule has 0 aliphatic carbocycles. The lowest BCUT2D eigenvalue weighted by Crippen LogP contribution is -2.48. The Balaban J connectivity index is 1.30. The largest absolute Gasteiger partial charge is 0.489 e. The van der Waals surface area contributed by atoms with Crippen LogP contribution in [0.4, 0.5) is 4.39 Å². The average molecular weight is 473 g/mol. The van der Waals surface area contributed by atoms with Gasteiger partial charge in [-0.25, -0.2) is 4.39 Å². The molecule has 2 aromatic carbocycles. The molecule has 0 saturated carbocycles. The number of amides is 1. The van der Waals surface area contributed by atoms with Crippen LogP contribution in [-0.4, -0.2) is 41.9 Å². The Hall–Kier alpha value is -2.41. The zero-order chi connectivity index (χ0) is 22.7. The first kappa shape index (κ1) is 22.8. The molecule has 0 N–H and O–H groups in total. The molecule has 4 rings (SSSR count). The lowest BCUT2D eigenvalue weighted by molar-refractivity contribution is 0.0633. The molecular formula is C25H26ClFN2O2S. The van der Waals surface area contributed by atoms with Crippen LogP contribution in [-0.2, 0) is 13.2 Å². The number of hydrogen-bond acceptors (Lipinski definition) is 4. The van der Waals surface area contributed by atoms with Gasteiger partial charge in [-0.15, -0.1) is 11.3 Å². The quantitative estimate of drug-likeness (QED) is 0.461. The number of nitrogens with zero attached hydrogens (tertiary/aromatic N) is 2. The van der Waals surface area contributed by atoms with Crippen LogP contribution < -0.4 is 4.74 Å². The maximum atomic E-state index is 13.2. The second kappa shape index (κ2) is 10.0. The van der Waals surface area contributed by atoms with Crippen LogP contribution in [0.15, 0.2) is 47.8 Å². The van der Waals surface area contributed by atoms with Crippen molar-refractivity contribution in [2.45, 2.75) is 27.0 Å². The molecule has 7 heteroatoms. The van der Waals surface area contributed by atoms with E-state index >= 15 is 0 Å². The Kier molecular flexibility index (Phi) is 7.13. The molecule has 3 aromatic rings. The van der Waals surface area contributed by atoms with Gasteiger partial charge in [-0.3, -0.25) is 9.69 Å². The van der Waals surface area contributed by atoms with Crippen LogP contribution in [0.25, 0.3) is 0 Å². The van der Waals surface area contributed by atoms with E-state index in [-0.39, 0.29) is 11.7 Å². The fourth-order valence-electron chi connectivity index (χ4n) is 3.74. The van der Waals surface area contributed by atoms with E-state index in [1.165, 1.54) is 23.5 Å². The fraction of sp³-hybridized carbons (Fsp3) is 0.320. The predicted molar refractivity (Wildman–Crippen MR) is 127 cm³/mol. The first-order valence-corrected chi connectivity index (χ1v) is 11.9. The number of carbonyl (C=O) groups is 1. The number of halogens is 2. The first-order chi connectivity index (χ1) is 15.4. The summed E-state index contributed by atoms with van der Waals surface area (Å²) < 4.78 is 19.2. The summed E-state index contributed by atoms with van der Waals surface area (Å²) in [7, 11) is 0.